The Morgan fingerprint density at radius 1 is 1.13 bits per heavy atom. The molecule has 0 fully saturated rings. The Bertz CT molecular complexity index is 1220. The van der Waals surface area contributed by atoms with E-state index in [-0.39, 0.29) is 16.9 Å². The zero-order valence-electron chi connectivity index (χ0n) is 16.2. The molecule has 3 rings (SSSR count). The van der Waals surface area contributed by atoms with Crippen molar-refractivity contribution in [1.29, 1.82) is 5.26 Å². The lowest BCUT2D eigenvalue weighted by molar-refractivity contribution is -0.112. The third-order valence-electron chi connectivity index (χ3n) is 4.39. The van der Waals surface area contributed by atoms with Crippen LogP contribution < -0.4 is 5.32 Å². The summed E-state index contributed by atoms with van der Waals surface area (Å²) >= 11 is 6.16. The van der Waals surface area contributed by atoms with Gasteiger partial charge in [-0.15, -0.1) is 0 Å². The average molecular weight is 421 g/mol. The van der Waals surface area contributed by atoms with Crippen molar-refractivity contribution in [3.8, 4) is 17.4 Å². The van der Waals surface area contributed by atoms with Crippen molar-refractivity contribution in [2.45, 2.75) is 13.8 Å². The van der Waals surface area contributed by atoms with E-state index in [4.69, 9.17) is 21.1 Å². The van der Waals surface area contributed by atoms with E-state index in [1.807, 2.05) is 32.0 Å². The third-order valence-corrected chi connectivity index (χ3v) is 4.72. The van der Waals surface area contributed by atoms with Gasteiger partial charge in [0.2, 0.25) is 0 Å². The number of nitrogens with one attached hydrogen (secondary N) is 1. The lowest BCUT2D eigenvalue weighted by atomic mass is 10.1. The predicted molar refractivity (Wildman–Crippen MR) is 114 cm³/mol. The van der Waals surface area contributed by atoms with Gasteiger partial charge in [-0.25, -0.2) is 4.79 Å². The van der Waals surface area contributed by atoms with Gasteiger partial charge in [-0.05, 0) is 55.8 Å². The largest absolute Gasteiger partial charge is 0.478 e. The molecular formula is C23H17ClN2O4. The van der Waals surface area contributed by atoms with Crippen LogP contribution in [0.1, 0.15) is 27.2 Å². The number of hydrogen-bond acceptors (Lipinski definition) is 4. The Kier molecular flexibility index (Phi) is 6.05. The van der Waals surface area contributed by atoms with Gasteiger partial charge in [0.1, 0.15) is 23.2 Å². The van der Waals surface area contributed by atoms with E-state index in [1.54, 1.807) is 18.2 Å². The van der Waals surface area contributed by atoms with Crippen LogP contribution in [0.4, 0.5) is 5.69 Å². The summed E-state index contributed by atoms with van der Waals surface area (Å²) in [4.78, 5) is 23.7. The number of nitrogens with zero attached hydrogens (tertiary/aromatic N) is 1. The zero-order valence-corrected chi connectivity index (χ0v) is 16.9. The smallest absolute Gasteiger partial charge is 0.335 e. The molecule has 1 aromatic heterocycles. The molecule has 0 spiro atoms. The topological polar surface area (TPSA) is 103 Å². The number of nitriles is 1. The minimum atomic E-state index is -1.09. The summed E-state index contributed by atoms with van der Waals surface area (Å²) in [6.07, 6.45) is 1.32. The molecule has 1 amide bonds. The molecule has 0 aliphatic carbocycles. The molecule has 0 atom stereocenters. The van der Waals surface area contributed by atoms with Crippen LogP contribution in [0.15, 0.2) is 58.5 Å². The van der Waals surface area contributed by atoms with Crippen LogP contribution in [-0.4, -0.2) is 17.0 Å². The number of carboxylic acids is 1. The number of hydrogen-bond donors (Lipinski definition) is 2. The molecular weight excluding hydrogens is 404 g/mol. The minimum Gasteiger partial charge on any atom is -0.478 e. The highest BCUT2D eigenvalue weighted by molar-refractivity contribution is 6.33. The second-order valence-electron chi connectivity index (χ2n) is 6.64. The molecule has 1 heterocycles. The van der Waals surface area contributed by atoms with Gasteiger partial charge < -0.3 is 14.8 Å². The van der Waals surface area contributed by atoms with E-state index in [2.05, 4.69) is 5.32 Å². The molecule has 2 aromatic carbocycles. The Morgan fingerprint density at radius 2 is 1.90 bits per heavy atom. The van der Waals surface area contributed by atoms with Gasteiger partial charge in [0.25, 0.3) is 5.91 Å². The Labute approximate surface area is 178 Å². The molecule has 0 aliphatic heterocycles. The van der Waals surface area contributed by atoms with Crippen LogP contribution in [0.5, 0.6) is 0 Å². The Morgan fingerprint density at radius 3 is 2.57 bits per heavy atom. The number of aromatic carboxylic acids is 1. The zero-order chi connectivity index (χ0) is 21.8. The first-order valence-electron chi connectivity index (χ1n) is 8.92. The number of aryl methyl sites for hydroxylation is 2. The molecule has 6 nitrogen and oxygen atoms in total. The average Bonchev–Trinajstić information content (AvgIpc) is 3.16. The fraction of sp³-hybridized carbons (Fsp3) is 0.0870. The molecule has 0 radical (unpaired) electrons. The van der Waals surface area contributed by atoms with Crippen molar-refractivity contribution >= 4 is 35.2 Å². The maximum atomic E-state index is 12.5. The number of carbonyl (C=O) groups is 2. The van der Waals surface area contributed by atoms with Crippen LogP contribution in [-0.2, 0) is 4.79 Å². The Hall–Kier alpha value is -3.82. The molecule has 0 bridgehead atoms. The normalized spacial score (nSPS) is 11.1. The van der Waals surface area contributed by atoms with Gasteiger partial charge in [-0.2, -0.15) is 5.26 Å². The van der Waals surface area contributed by atoms with E-state index >= 15 is 0 Å². The predicted octanol–water partition coefficient (Wildman–Crippen LogP) is 5.46. The molecule has 0 saturated carbocycles. The van der Waals surface area contributed by atoms with E-state index in [0.29, 0.717) is 22.0 Å². The standard InChI is InChI=1S/C23H17ClN2O4/c1-13-3-7-20(14(2)9-13)26-22(27)16(12-25)10-17-5-8-21(30-17)18-11-15(23(28)29)4-6-19(18)24/h3-11H,1-2H3,(H,26,27)(H,28,29)/b16-10-. The van der Waals surface area contributed by atoms with Gasteiger partial charge in [-0.3, -0.25) is 4.79 Å². The van der Waals surface area contributed by atoms with E-state index in [1.165, 1.54) is 24.3 Å². The first kappa shape index (κ1) is 20.9. The van der Waals surface area contributed by atoms with Gasteiger partial charge in [-0.1, -0.05) is 29.3 Å². The highest BCUT2D eigenvalue weighted by Gasteiger charge is 2.15. The minimum absolute atomic E-state index is 0.0634. The van der Waals surface area contributed by atoms with Crippen molar-refractivity contribution < 1.29 is 19.1 Å². The van der Waals surface area contributed by atoms with E-state index in [0.717, 1.165) is 11.1 Å². The van der Waals surface area contributed by atoms with Gasteiger partial charge in [0, 0.05) is 17.3 Å². The third kappa shape index (κ3) is 4.59. The lowest BCUT2D eigenvalue weighted by Crippen LogP contribution is -2.14. The van der Waals surface area contributed by atoms with Crippen molar-refractivity contribution in [1.82, 2.24) is 0 Å². The fourth-order valence-corrected chi connectivity index (χ4v) is 3.07. The van der Waals surface area contributed by atoms with E-state index in [9.17, 15) is 14.9 Å². The molecule has 2 N–H and O–H groups in total. The van der Waals surface area contributed by atoms with Crippen LogP contribution >= 0.6 is 11.6 Å². The van der Waals surface area contributed by atoms with Crippen molar-refractivity contribution in [3.05, 3.63) is 81.6 Å². The molecule has 0 saturated heterocycles. The van der Waals surface area contributed by atoms with Gasteiger partial charge in [0.05, 0.1) is 10.6 Å². The summed E-state index contributed by atoms with van der Waals surface area (Å²) in [6.45, 7) is 3.82. The summed E-state index contributed by atoms with van der Waals surface area (Å²) in [5.74, 6) is -1.07. The van der Waals surface area contributed by atoms with Gasteiger partial charge in [0.15, 0.2) is 0 Å². The van der Waals surface area contributed by atoms with Crippen LogP contribution in [0.3, 0.4) is 0 Å². The van der Waals surface area contributed by atoms with Gasteiger partial charge >= 0.3 is 5.97 Å². The number of carbonyl (C=O) groups excluding carboxylic acids is 1. The summed E-state index contributed by atoms with van der Waals surface area (Å²) in [6, 6.07) is 14.9. The van der Waals surface area contributed by atoms with E-state index < -0.39 is 11.9 Å². The maximum absolute atomic E-state index is 12.5. The summed E-state index contributed by atoms with van der Waals surface area (Å²) in [7, 11) is 0. The summed E-state index contributed by atoms with van der Waals surface area (Å²) in [5, 5.41) is 21.6. The van der Waals surface area contributed by atoms with Crippen molar-refractivity contribution in [2.75, 3.05) is 5.32 Å². The number of anilines is 1. The Balaban J connectivity index is 1.87. The van der Waals surface area contributed by atoms with Crippen molar-refractivity contribution in [3.63, 3.8) is 0 Å². The monoisotopic (exact) mass is 420 g/mol. The lowest BCUT2D eigenvalue weighted by Gasteiger charge is -2.08. The first-order valence-corrected chi connectivity index (χ1v) is 9.29. The number of furan rings is 1. The molecule has 150 valence electrons. The van der Waals surface area contributed by atoms with Crippen LogP contribution in [0.2, 0.25) is 5.02 Å². The molecule has 7 heteroatoms. The quantitative estimate of drug-likeness (QED) is 0.421. The number of halogens is 1. The summed E-state index contributed by atoms with van der Waals surface area (Å²) in [5.41, 5.74) is 2.89. The highest BCUT2D eigenvalue weighted by atomic mass is 35.5. The first-order chi connectivity index (χ1) is 14.3. The van der Waals surface area contributed by atoms with Crippen LogP contribution in [0.25, 0.3) is 17.4 Å². The number of amides is 1. The highest BCUT2D eigenvalue weighted by Crippen LogP contribution is 2.31. The second kappa shape index (κ2) is 8.68. The number of rotatable bonds is 5. The second-order valence-corrected chi connectivity index (χ2v) is 7.05. The van der Waals surface area contributed by atoms with Crippen molar-refractivity contribution in [2.24, 2.45) is 0 Å². The fourth-order valence-electron chi connectivity index (χ4n) is 2.86. The number of benzene rings is 2. The molecule has 0 unspecified atom stereocenters. The molecule has 0 aliphatic rings. The molecule has 3 aromatic rings. The molecule has 30 heavy (non-hydrogen) atoms. The maximum Gasteiger partial charge on any atom is 0.335 e. The number of carboxylic acid groups (broad SMARTS) is 1. The summed E-state index contributed by atoms with van der Waals surface area (Å²) < 4.78 is 5.67. The van der Waals surface area contributed by atoms with Crippen LogP contribution in [0, 0.1) is 25.2 Å². The SMILES string of the molecule is Cc1ccc(NC(=O)/C(C#N)=C\c2ccc(-c3cc(C(=O)O)ccc3Cl)o2)c(C)c1.